The van der Waals surface area contributed by atoms with Gasteiger partial charge in [0.2, 0.25) is 16.8 Å². The highest BCUT2D eigenvalue weighted by Gasteiger charge is 2.29. The number of rotatable bonds is 3. The average Bonchev–Trinajstić information content (AvgIpc) is 2.95. The molecule has 0 aromatic heterocycles. The second kappa shape index (κ2) is 5.52. The van der Waals surface area contributed by atoms with Gasteiger partial charge in [-0.1, -0.05) is 0 Å². The molecule has 2 aliphatic heterocycles. The van der Waals surface area contributed by atoms with Crippen LogP contribution in [0.2, 0.25) is 0 Å². The van der Waals surface area contributed by atoms with Crippen molar-refractivity contribution in [3.63, 3.8) is 0 Å². The van der Waals surface area contributed by atoms with Gasteiger partial charge in [0.15, 0.2) is 11.5 Å². The summed E-state index contributed by atoms with van der Waals surface area (Å²) in [6, 6.07) is 6.72. The van der Waals surface area contributed by atoms with E-state index in [0.717, 1.165) is 0 Å². The predicted octanol–water partition coefficient (Wildman–Crippen LogP) is 0.245. The van der Waals surface area contributed by atoms with Crippen molar-refractivity contribution in [3.8, 4) is 17.6 Å². The van der Waals surface area contributed by atoms with Crippen LogP contribution in [0.3, 0.4) is 0 Å². The van der Waals surface area contributed by atoms with E-state index in [4.69, 9.17) is 14.7 Å². The van der Waals surface area contributed by atoms with E-state index in [0.29, 0.717) is 44.2 Å². The second-order valence-corrected chi connectivity index (χ2v) is 6.79. The van der Waals surface area contributed by atoms with E-state index >= 15 is 0 Å². The molecule has 1 saturated heterocycles. The monoisotopic (exact) mass is 309 g/mol. The minimum Gasteiger partial charge on any atom is -0.454 e. The van der Waals surface area contributed by atoms with Gasteiger partial charge in [0.1, 0.15) is 0 Å². The van der Waals surface area contributed by atoms with Crippen LogP contribution in [0.5, 0.6) is 11.5 Å². The second-order valence-electron chi connectivity index (χ2n) is 4.85. The van der Waals surface area contributed by atoms with E-state index in [2.05, 4.69) is 6.07 Å². The van der Waals surface area contributed by atoms with Gasteiger partial charge < -0.3 is 9.47 Å². The summed E-state index contributed by atoms with van der Waals surface area (Å²) in [6.45, 7) is 2.36. The van der Waals surface area contributed by atoms with Crippen LogP contribution in [0.1, 0.15) is 0 Å². The first-order valence-corrected chi connectivity index (χ1v) is 8.04. The molecule has 1 aromatic rings. The van der Waals surface area contributed by atoms with Crippen LogP contribution in [-0.4, -0.2) is 57.1 Å². The first kappa shape index (κ1) is 14.1. The summed E-state index contributed by atoms with van der Waals surface area (Å²) in [6.07, 6.45) is 0. The zero-order valence-corrected chi connectivity index (χ0v) is 12.2. The van der Waals surface area contributed by atoms with Crippen LogP contribution in [0.4, 0.5) is 0 Å². The summed E-state index contributed by atoms with van der Waals surface area (Å²) in [4.78, 5) is 2.14. The number of sulfonamides is 1. The van der Waals surface area contributed by atoms with Gasteiger partial charge in [0.25, 0.3) is 0 Å². The molecule has 0 unspecified atom stereocenters. The van der Waals surface area contributed by atoms with Crippen LogP contribution < -0.4 is 9.47 Å². The van der Waals surface area contributed by atoms with Crippen molar-refractivity contribution >= 4 is 10.0 Å². The Bertz CT molecular complexity index is 675. The highest BCUT2D eigenvalue weighted by atomic mass is 32.2. The molecule has 1 aromatic carbocycles. The number of fused-ring (bicyclic) bond motifs is 1. The maximum absolute atomic E-state index is 12.6. The van der Waals surface area contributed by atoms with Gasteiger partial charge >= 0.3 is 0 Å². The van der Waals surface area contributed by atoms with Crippen LogP contribution in [0.25, 0.3) is 0 Å². The van der Waals surface area contributed by atoms with Crippen molar-refractivity contribution in [2.24, 2.45) is 0 Å². The molecule has 21 heavy (non-hydrogen) atoms. The highest BCUT2D eigenvalue weighted by molar-refractivity contribution is 7.89. The molecular weight excluding hydrogens is 294 g/mol. The smallest absolute Gasteiger partial charge is 0.243 e. The molecule has 2 aliphatic rings. The summed E-state index contributed by atoms with van der Waals surface area (Å²) < 4.78 is 37.0. The fourth-order valence-electron chi connectivity index (χ4n) is 2.41. The van der Waals surface area contributed by atoms with Crippen molar-refractivity contribution < 1.29 is 17.9 Å². The molecule has 1 fully saturated rings. The first-order chi connectivity index (χ1) is 10.1. The van der Waals surface area contributed by atoms with Crippen LogP contribution in [0, 0.1) is 11.3 Å². The van der Waals surface area contributed by atoms with Crippen molar-refractivity contribution in [1.82, 2.24) is 9.21 Å². The van der Waals surface area contributed by atoms with Crippen molar-refractivity contribution in [1.29, 1.82) is 5.26 Å². The Morgan fingerprint density at radius 2 is 1.86 bits per heavy atom. The van der Waals surface area contributed by atoms with Crippen LogP contribution >= 0.6 is 0 Å². The van der Waals surface area contributed by atoms with Gasteiger partial charge in [-0.25, -0.2) is 8.42 Å². The molecule has 0 bridgehead atoms. The third kappa shape index (κ3) is 2.68. The predicted molar refractivity (Wildman–Crippen MR) is 73.4 cm³/mol. The number of piperazine rings is 1. The Morgan fingerprint density at radius 3 is 2.57 bits per heavy atom. The maximum Gasteiger partial charge on any atom is 0.243 e. The van der Waals surface area contributed by atoms with Gasteiger partial charge in [0, 0.05) is 32.2 Å². The molecule has 8 heteroatoms. The Kier molecular flexibility index (Phi) is 3.71. The molecule has 112 valence electrons. The Labute approximate surface area is 123 Å². The summed E-state index contributed by atoms with van der Waals surface area (Å²) in [7, 11) is -3.53. The molecule has 7 nitrogen and oxygen atoms in total. The molecule has 0 N–H and O–H groups in total. The zero-order chi connectivity index (χ0) is 14.9. The molecular formula is C13H15N3O4S. The van der Waals surface area contributed by atoms with E-state index < -0.39 is 10.0 Å². The van der Waals surface area contributed by atoms with E-state index in [1.165, 1.54) is 16.4 Å². The van der Waals surface area contributed by atoms with E-state index in [1.807, 2.05) is 4.90 Å². The van der Waals surface area contributed by atoms with Crippen molar-refractivity contribution in [3.05, 3.63) is 18.2 Å². The minimum atomic E-state index is -3.53. The standard InChI is InChI=1S/C13H15N3O4S/c14-3-4-15-5-7-16(8-6-15)21(17,18)11-1-2-12-13(9-11)20-10-19-12/h1-2,9H,4-8,10H2. The normalized spacial score (nSPS) is 19.4. The molecule has 0 spiro atoms. The van der Waals surface area contributed by atoms with Crippen LogP contribution in [0.15, 0.2) is 23.1 Å². The third-order valence-electron chi connectivity index (χ3n) is 3.61. The number of ether oxygens (including phenoxy) is 2. The SMILES string of the molecule is N#CCN1CCN(S(=O)(=O)c2ccc3c(c2)OCO3)CC1. The van der Waals surface area contributed by atoms with Crippen LogP contribution in [-0.2, 0) is 10.0 Å². The summed E-state index contributed by atoms with van der Waals surface area (Å²) in [5.41, 5.74) is 0. The lowest BCUT2D eigenvalue weighted by molar-refractivity contribution is 0.174. The fraction of sp³-hybridized carbons (Fsp3) is 0.462. The first-order valence-electron chi connectivity index (χ1n) is 6.60. The third-order valence-corrected chi connectivity index (χ3v) is 5.50. The fourth-order valence-corrected chi connectivity index (χ4v) is 3.85. The largest absolute Gasteiger partial charge is 0.454 e. The Hall–Kier alpha value is -1.82. The van der Waals surface area contributed by atoms with Gasteiger partial charge in [0.05, 0.1) is 17.5 Å². The number of benzene rings is 1. The van der Waals surface area contributed by atoms with Gasteiger partial charge in [-0.05, 0) is 12.1 Å². The molecule has 0 aliphatic carbocycles. The van der Waals surface area contributed by atoms with E-state index in [-0.39, 0.29) is 11.7 Å². The van der Waals surface area contributed by atoms with Crippen molar-refractivity contribution in [2.75, 3.05) is 39.5 Å². The molecule has 2 heterocycles. The number of hydrogen-bond acceptors (Lipinski definition) is 6. The summed E-state index contributed by atoms with van der Waals surface area (Å²) >= 11 is 0. The topological polar surface area (TPSA) is 82.9 Å². The summed E-state index contributed by atoms with van der Waals surface area (Å²) in [5.74, 6) is 1.02. The molecule has 0 saturated carbocycles. The number of hydrogen-bond donors (Lipinski definition) is 0. The number of nitriles is 1. The lowest BCUT2D eigenvalue weighted by atomic mass is 10.3. The van der Waals surface area contributed by atoms with E-state index in [1.54, 1.807) is 6.07 Å². The molecule has 3 rings (SSSR count). The molecule has 0 radical (unpaired) electrons. The van der Waals surface area contributed by atoms with Crippen molar-refractivity contribution in [2.45, 2.75) is 4.90 Å². The molecule has 0 atom stereocenters. The number of nitrogens with zero attached hydrogens (tertiary/aromatic N) is 3. The maximum atomic E-state index is 12.6. The van der Waals surface area contributed by atoms with Gasteiger partial charge in [-0.2, -0.15) is 9.57 Å². The van der Waals surface area contributed by atoms with Gasteiger partial charge in [-0.3, -0.25) is 4.90 Å². The zero-order valence-electron chi connectivity index (χ0n) is 11.4. The minimum absolute atomic E-state index is 0.117. The highest BCUT2D eigenvalue weighted by Crippen LogP contribution is 2.34. The van der Waals surface area contributed by atoms with E-state index in [9.17, 15) is 8.42 Å². The average molecular weight is 309 g/mol. The lowest BCUT2D eigenvalue weighted by Crippen LogP contribution is -2.48. The lowest BCUT2D eigenvalue weighted by Gasteiger charge is -2.32. The van der Waals surface area contributed by atoms with Gasteiger partial charge in [-0.15, -0.1) is 0 Å². The summed E-state index contributed by atoms with van der Waals surface area (Å²) in [5, 5.41) is 8.66. The molecule has 0 amide bonds. The Balaban J connectivity index is 1.77. The Morgan fingerprint density at radius 1 is 1.14 bits per heavy atom. The quantitative estimate of drug-likeness (QED) is 0.744.